The molecule has 0 spiro atoms. The lowest BCUT2D eigenvalue weighted by Gasteiger charge is -2.21. The van der Waals surface area contributed by atoms with Crippen LogP contribution in [0.2, 0.25) is 0 Å². The van der Waals surface area contributed by atoms with Crippen molar-refractivity contribution >= 4 is 0 Å². The van der Waals surface area contributed by atoms with Crippen LogP contribution in [0.1, 0.15) is 31.3 Å². The summed E-state index contributed by atoms with van der Waals surface area (Å²) in [5.41, 5.74) is 7.18. The normalized spacial score (nSPS) is 15.6. The lowest BCUT2D eigenvalue weighted by Crippen LogP contribution is -2.34. The van der Waals surface area contributed by atoms with E-state index in [9.17, 15) is 5.11 Å². The second-order valence-electron chi connectivity index (χ2n) is 3.87. The maximum absolute atomic E-state index is 9.82. The Morgan fingerprint density at radius 1 is 1.29 bits per heavy atom. The molecule has 0 aliphatic carbocycles. The van der Waals surface area contributed by atoms with Gasteiger partial charge in [0.15, 0.2) is 0 Å². The van der Waals surface area contributed by atoms with E-state index in [4.69, 9.17) is 5.73 Å². The van der Waals surface area contributed by atoms with Gasteiger partial charge in [0.2, 0.25) is 0 Å². The van der Waals surface area contributed by atoms with Crippen LogP contribution in [0.25, 0.3) is 0 Å². The van der Waals surface area contributed by atoms with E-state index in [2.05, 4.69) is 10.2 Å². The first kappa shape index (κ1) is 11.1. The average molecular weight is 195 g/mol. The van der Waals surface area contributed by atoms with Crippen molar-refractivity contribution in [1.29, 1.82) is 0 Å². The molecule has 2 unspecified atom stereocenters. The third-order valence-corrected chi connectivity index (χ3v) is 2.26. The summed E-state index contributed by atoms with van der Waals surface area (Å²) < 4.78 is 0. The number of aryl methyl sites for hydroxylation is 1. The molecule has 4 nitrogen and oxygen atoms in total. The van der Waals surface area contributed by atoms with Gasteiger partial charge in [-0.1, -0.05) is 13.8 Å². The van der Waals surface area contributed by atoms with Crippen molar-refractivity contribution in [3.05, 3.63) is 23.5 Å². The predicted octanol–water partition coefficient (Wildman–Crippen LogP) is 0.802. The molecule has 1 aromatic rings. The van der Waals surface area contributed by atoms with Gasteiger partial charge >= 0.3 is 0 Å². The van der Waals surface area contributed by atoms with E-state index in [0.717, 1.165) is 5.69 Å². The second kappa shape index (κ2) is 4.48. The first-order chi connectivity index (χ1) is 6.52. The van der Waals surface area contributed by atoms with Crippen LogP contribution in [0.5, 0.6) is 0 Å². The van der Waals surface area contributed by atoms with E-state index < -0.39 is 6.10 Å². The summed E-state index contributed by atoms with van der Waals surface area (Å²) in [7, 11) is 0. The van der Waals surface area contributed by atoms with Crippen molar-refractivity contribution in [2.75, 3.05) is 0 Å². The Morgan fingerprint density at radius 3 is 2.36 bits per heavy atom. The molecule has 78 valence electrons. The van der Waals surface area contributed by atoms with Gasteiger partial charge in [0, 0.05) is 6.04 Å². The SMILES string of the molecule is Cc1ccc(C(O)C(N)C(C)C)nn1. The summed E-state index contributed by atoms with van der Waals surface area (Å²) in [6.45, 7) is 5.79. The number of hydrogen-bond donors (Lipinski definition) is 2. The number of aromatic nitrogens is 2. The zero-order valence-corrected chi connectivity index (χ0v) is 8.81. The quantitative estimate of drug-likeness (QED) is 0.748. The third kappa shape index (κ3) is 2.49. The number of aliphatic hydroxyl groups is 1. The molecule has 2 atom stereocenters. The van der Waals surface area contributed by atoms with Gasteiger partial charge in [-0.3, -0.25) is 0 Å². The first-order valence-corrected chi connectivity index (χ1v) is 4.76. The van der Waals surface area contributed by atoms with Gasteiger partial charge in [-0.05, 0) is 25.0 Å². The zero-order chi connectivity index (χ0) is 10.7. The summed E-state index contributed by atoms with van der Waals surface area (Å²) in [6.07, 6.45) is -0.733. The molecule has 0 aromatic carbocycles. The Hall–Kier alpha value is -1.00. The summed E-state index contributed by atoms with van der Waals surface area (Å²) in [4.78, 5) is 0. The van der Waals surface area contributed by atoms with Gasteiger partial charge in [0.25, 0.3) is 0 Å². The van der Waals surface area contributed by atoms with Gasteiger partial charge in [-0.2, -0.15) is 10.2 Å². The highest BCUT2D eigenvalue weighted by atomic mass is 16.3. The molecule has 0 aliphatic heterocycles. The molecule has 0 aliphatic rings. The van der Waals surface area contributed by atoms with E-state index >= 15 is 0 Å². The fraction of sp³-hybridized carbons (Fsp3) is 0.600. The lowest BCUT2D eigenvalue weighted by atomic mass is 9.97. The molecular weight excluding hydrogens is 178 g/mol. The van der Waals surface area contributed by atoms with Gasteiger partial charge in [0.1, 0.15) is 6.10 Å². The minimum atomic E-state index is -0.733. The van der Waals surface area contributed by atoms with E-state index in [1.165, 1.54) is 0 Å². The molecule has 0 fully saturated rings. The van der Waals surface area contributed by atoms with Crippen molar-refractivity contribution in [3.63, 3.8) is 0 Å². The number of aliphatic hydroxyl groups excluding tert-OH is 1. The monoisotopic (exact) mass is 195 g/mol. The molecule has 1 heterocycles. The van der Waals surface area contributed by atoms with Crippen LogP contribution in [0.4, 0.5) is 0 Å². The highest BCUT2D eigenvalue weighted by molar-refractivity contribution is 5.09. The highest BCUT2D eigenvalue weighted by Gasteiger charge is 2.21. The van der Waals surface area contributed by atoms with Crippen molar-refractivity contribution in [1.82, 2.24) is 10.2 Å². The smallest absolute Gasteiger partial charge is 0.113 e. The Bertz CT molecular complexity index is 284. The van der Waals surface area contributed by atoms with Crippen LogP contribution >= 0.6 is 0 Å². The van der Waals surface area contributed by atoms with Crippen molar-refractivity contribution in [3.8, 4) is 0 Å². The Labute approximate surface area is 84.2 Å². The Kier molecular flexibility index (Phi) is 3.55. The van der Waals surface area contributed by atoms with Gasteiger partial charge in [-0.15, -0.1) is 0 Å². The van der Waals surface area contributed by atoms with E-state index in [-0.39, 0.29) is 12.0 Å². The van der Waals surface area contributed by atoms with E-state index in [1.54, 1.807) is 6.07 Å². The Balaban J connectivity index is 2.78. The largest absolute Gasteiger partial charge is 0.385 e. The number of nitrogens with two attached hydrogens (primary N) is 1. The molecule has 1 rings (SSSR count). The summed E-state index contributed by atoms with van der Waals surface area (Å²) in [5.74, 6) is 0.216. The van der Waals surface area contributed by atoms with Crippen LogP contribution in [0.15, 0.2) is 12.1 Å². The minimum Gasteiger partial charge on any atom is -0.385 e. The molecule has 0 amide bonds. The minimum absolute atomic E-state index is 0.216. The highest BCUT2D eigenvalue weighted by Crippen LogP contribution is 2.17. The second-order valence-corrected chi connectivity index (χ2v) is 3.87. The van der Waals surface area contributed by atoms with Crippen LogP contribution in [0.3, 0.4) is 0 Å². The van der Waals surface area contributed by atoms with Crippen LogP contribution in [-0.4, -0.2) is 21.3 Å². The maximum Gasteiger partial charge on any atom is 0.113 e. The number of hydrogen-bond acceptors (Lipinski definition) is 4. The van der Waals surface area contributed by atoms with E-state index in [1.807, 2.05) is 26.8 Å². The summed E-state index contributed by atoms with van der Waals surface area (Å²) in [5, 5.41) is 17.6. The van der Waals surface area contributed by atoms with Crippen molar-refractivity contribution < 1.29 is 5.11 Å². The predicted molar refractivity (Wildman–Crippen MR) is 54.5 cm³/mol. The molecule has 0 radical (unpaired) electrons. The fourth-order valence-electron chi connectivity index (χ4n) is 1.13. The zero-order valence-electron chi connectivity index (χ0n) is 8.81. The van der Waals surface area contributed by atoms with Gasteiger partial charge < -0.3 is 10.8 Å². The van der Waals surface area contributed by atoms with Crippen LogP contribution in [-0.2, 0) is 0 Å². The van der Waals surface area contributed by atoms with Gasteiger partial charge in [0.05, 0.1) is 11.4 Å². The van der Waals surface area contributed by atoms with E-state index in [0.29, 0.717) is 5.69 Å². The molecule has 3 N–H and O–H groups in total. The standard InChI is InChI=1S/C10H17N3O/c1-6(2)9(11)10(14)8-5-4-7(3)12-13-8/h4-6,9-10,14H,11H2,1-3H3. The Morgan fingerprint density at radius 2 is 1.93 bits per heavy atom. The van der Waals surface area contributed by atoms with Crippen molar-refractivity contribution in [2.24, 2.45) is 11.7 Å². The maximum atomic E-state index is 9.82. The number of rotatable bonds is 3. The van der Waals surface area contributed by atoms with Crippen LogP contribution in [0, 0.1) is 12.8 Å². The molecule has 0 bridgehead atoms. The summed E-state index contributed by atoms with van der Waals surface area (Å²) in [6, 6.07) is 3.28. The molecule has 0 saturated heterocycles. The van der Waals surface area contributed by atoms with Crippen LogP contribution < -0.4 is 5.73 Å². The fourth-order valence-corrected chi connectivity index (χ4v) is 1.13. The third-order valence-electron chi connectivity index (χ3n) is 2.26. The summed E-state index contributed by atoms with van der Waals surface area (Å²) >= 11 is 0. The topological polar surface area (TPSA) is 72.0 Å². The molecule has 14 heavy (non-hydrogen) atoms. The number of nitrogens with zero attached hydrogens (tertiary/aromatic N) is 2. The average Bonchev–Trinajstić information content (AvgIpc) is 2.16. The van der Waals surface area contributed by atoms with Gasteiger partial charge in [-0.25, -0.2) is 0 Å². The first-order valence-electron chi connectivity index (χ1n) is 4.76. The van der Waals surface area contributed by atoms with Crippen molar-refractivity contribution in [2.45, 2.75) is 32.9 Å². The molecular formula is C10H17N3O. The molecule has 1 aromatic heterocycles. The molecule has 4 heteroatoms. The molecule has 0 saturated carbocycles. The lowest BCUT2D eigenvalue weighted by molar-refractivity contribution is 0.120.